The van der Waals surface area contributed by atoms with Crippen molar-refractivity contribution >= 4 is 11.8 Å². The van der Waals surface area contributed by atoms with E-state index in [0.29, 0.717) is 37.5 Å². The van der Waals surface area contributed by atoms with Gasteiger partial charge in [0.05, 0.1) is 0 Å². The van der Waals surface area contributed by atoms with Gasteiger partial charge in [0.1, 0.15) is 11.9 Å². The van der Waals surface area contributed by atoms with Crippen LogP contribution in [-0.4, -0.2) is 73.5 Å². The van der Waals surface area contributed by atoms with Crippen molar-refractivity contribution in [3.05, 3.63) is 71.5 Å². The van der Waals surface area contributed by atoms with Crippen LogP contribution in [0.2, 0.25) is 0 Å². The Morgan fingerprint density at radius 1 is 1.05 bits per heavy atom. The maximum Gasteiger partial charge on any atom is 0.254 e. The number of nitrogens with zero attached hydrogens (tertiary/aromatic N) is 2. The predicted octanol–water partition coefficient (Wildman–Crippen LogP) is 4.43. The molecule has 2 aromatic carbocycles. The summed E-state index contributed by atoms with van der Waals surface area (Å²) in [5.74, 6) is 0.0753. The quantitative estimate of drug-likeness (QED) is 0.348. The topological polar surface area (TPSA) is 64.7 Å². The number of rotatable bonds is 15. The largest absolute Gasteiger partial charge is 0.340 e. The summed E-state index contributed by atoms with van der Waals surface area (Å²) in [7, 11) is 3.63. The molecule has 2 amide bonds. The number of likely N-dealkylation sites (N-methyl/N-ethyl adjacent to an activating group) is 2. The van der Waals surface area contributed by atoms with E-state index in [1.807, 2.05) is 42.3 Å². The van der Waals surface area contributed by atoms with E-state index in [2.05, 4.69) is 24.5 Å². The zero-order chi connectivity index (χ0) is 26.8. The van der Waals surface area contributed by atoms with Gasteiger partial charge >= 0.3 is 0 Å². The number of unbranched alkanes of at least 4 members (excludes halogenated alkanes) is 1. The number of amides is 2. The lowest BCUT2D eigenvalue weighted by molar-refractivity contribution is -0.136. The van der Waals surface area contributed by atoms with Crippen LogP contribution in [0.4, 0.5) is 4.39 Å². The monoisotopic (exact) mass is 510 g/mol. The van der Waals surface area contributed by atoms with Crippen molar-refractivity contribution in [1.29, 1.82) is 0 Å². The first-order chi connectivity index (χ1) is 17.8. The van der Waals surface area contributed by atoms with Crippen molar-refractivity contribution < 1.29 is 14.0 Å². The molecule has 0 unspecified atom stereocenters. The van der Waals surface area contributed by atoms with Crippen LogP contribution in [0.5, 0.6) is 0 Å². The molecule has 3 atom stereocenters. The molecule has 3 rings (SSSR count). The smallest absolute Gasteiger partial charge is 0.254 e. The SMILES string of the molecule is CCCN(CCNC)C(=O)[C@H](CCCCN[C@]1(C)C[C@H]1c1ccc(F)cc1)N(C)C(=O)c1ccccc1. The first-order valence-electron chi connectivity index (χ1n) is 13.6. The number of carbonyl (C=O) groups is 2. The van der Waals surface area contributed by atoms with Gasteiger partial charge in [-0.25, -0.2) is 4.39 Å². The lowest BCUT2D eigenvalue weighted by Gasteiger charge is -2.33. The maximum atomic E-state index is 13.6. The van der Waals surface area contributed by atoms with E-state index in [9.17, 15) is 14.0 Å². The van der Waals surface area contributed by atoms with Gasteiger partial charge in [0.2, 0.25) is 5.91 Å². The molecule has 1 aliphatic rings. The van der Waals surface area contributed by atoms with Gasteiger partial charge in [-0.2, -0.15) is 0 Å². The lowest BCUT2D eigenvalue weighted by Crippen LogP contribution is -2.50. The van der Waals surface area contributed by atoms with Crippen molar-refractivity contribution in [3.63, 3.8) is 0 Å². The first-order valence-corrected chi connectivity index (χ1v) is 13.6. The van der Waals surface area contributed by atoms with Crippen LogP contribution in [0.3, 0.4) is 0 Å². The van der Waals surface area contributed by atoms with Crippen molar-refractivity contribution in [2.75, 3.05) is 40.3 Å². The van der Waals surface area contributed by atoms with E-state index >= 15 is 0 Å². The minimum atomic E-state index is -0.500. The summed E-state index contributed by atoms with van der Waals surface area (Å²) in [6.45, 7) is 7.13. The van der Waals surface area contributed by atoms with E-state index in [0.717, 1.165) is 32.2 Å². The number of hydrogen-bond donors (Lipinski definition) is 2. The number of carbonyl (C=O) groups excluding carboxylic acids is 2. The minimum absolute atomic E-state index is 0.0161. The zero-order valence-corrected chi connectivity index (χ0v) is 22.8. The first kappa shape index (κ1) is 28.8. The van der Waals surface area contributed by atoms with E-state index in [-0.39, 0.29) is 23.2 Å². The molecule has 0 saturated heterocycles. The zero-order valence-electron chi connectivity index (χ0n) is 22.8. The fourth-order valence-electron chi connectivity index (χ4n) is 5.05. The highest BCUT2D eigenvalue weighted by Gasteiger charge is 2.50. The second-order valence-corrected chi connectivity index (χ2v) is 10.4. The third kappa shape index (κ3) is 7.86. The van der Waals surface area contributed by atoms with Crippen LogP contribution in [0, 0.1) is 5.82 Å². The molecule has 0 radical (unpaired) electrons. The fraction of sp³-hybridized carbons (Fsp3) is 0.533. The van der Waals surface area contributed by atoms with Crippen molar-refractivity contribution in [1.82, 2.24) is 20.4 Å². The van der Waals surface area contributed by atoms with Gasteiger partial charge in [-0.15, -0.1) is 0 Å². The summed E-state index contributed by atoms with van der Waals surface area (Å²) >= 11 is 0. The molecule has 6 nitrogen and oxygen atoms in total. The summed E-state index contributed by atoms with van der Waals surface area (Å²) in [6.07, 6.45) is 4.27. The molecule has 0 aliphatic heterocycles. The number of hydrogen-bond acceptors (Lipinski definition) is 4. The lowest BCUT2D eigenvalue weighted by atomic mass is 10.0. The van der Waals surface area contributed by atoms with Crippen molar-refractivity contribution in [3.8, 4) is 0 Å². The van der Waals surface area contributed by atoms with Gasteiger partial charge in [-0.1, -0.05) is 37.3 Å². The van der Waals surface area contributed by atoms with Gasteiger partial charge in [0, 0.05) is 43.7 Å². The molecule has 7 heteroatoms. The van der Waals surface area contributed by atoms with E-state index in [1.165, 1.54) is 17.7 Å². The molecule has 0 spiro atoms. The molecule has 2 N–H and O–H groups in total. The highest BCUT2D eigenvalue weighted by molar-refractivity contribution is 5.97. The van der Waals surface area contributed by atoms with Gasteiger partial charge in [0.25, 0.3) is 5.91 Å². The Morgan fingerprint density at radius 2 is 1.76 bits per heavy atom. The highest BCUT2D eigenvalue weighted by atomic mass is 19.1. The Balaban J connectivity index is 1.58. The Bertz CT molecular complexity index is 1000. The number of nitrogens with one attached hydrogen (secondary N) is 2. The fourth-order valence-corrected chi connectivity index (χ4v) is 5.05. The molecule has 0 heterocycles. The van der Waals surface area contributed by atoms with Crippen LogP contribution in [0.1, 0.15) is 67.8 Å². The number of benzene rings is 2. The molecule has 2 aromatic rings. The molecule has 1 aliphatic carbocycles. The molecular weight excluding hydrogens is 467 g/mol. The Labute approximate surface area is 221 Å². The van der Waals surface area contributed by atoms with E-state index in [4.69, 9.17) is 0 Å². The molecule has 0 aromatic heterocycles. The highest BCUT2D eigenvalue weighted by Crippen LogP contribution is 2.51. The average Bonchev–Trinajstić information content (AvgIpc) is 3.59. The van der Waals surface area contributed by atoms with Crippen LogP contribution < -0.4 is 10.6 Å². The molecular formula is C30H43FN4O2. The van der Waals surface area contributed by atoms with Crippen molar-refractivity contribution in [2.24, 2.45) is 0 Å². The van der Waals surface area contributed by atoms with Crippen molar-refractivity contribution in [2.45, 2.75) is 63.5 Å². The normalized spacial score (nSPS) is 19.3. The molecule has 202 valence electrons. The van der Waals surface area contributed by atoms with Gasteiger partial charge in [-0.3, -0.25) is 9.59 Å². The van der Waals surface area contributed by atoms with Gasteiger partial charge < -0.3 is 20.4 Å². The number of halogens is 1. The summed E-state index contributed by atoms with van der Waals surface area (Å²) in [4.78, 5) is 30.4. The Hall–Kier alpha value is -2.77. The van der Waals surface area contributed by atoms with Gasteiger partial charge in [0.15, 0.2) is 0 Å². The maximum absolute atomic E-state index is 13.6. The van der Waals surface area contributed by atoms with E-state index in [1.54, 1.807) is 24.1 Å². The average molecular weight is 511 g/mol. The second kappa shape index (κ2) is 13.7. The predicted molar refractivity (Wildman–Crippen MR) is 147 cm³/mol. The molecule has 37 heavy (non-hydrogen) atoms. The van der Waals surface area contributed by atoms with Gasteiger partial charge in [-0.05, 0) is 82.4 Å². The third-order valence-corrected chi connectivity index (χ3v) is 7.47. The summed E-state index contributed by atoms with van der Waals surface area (Å²) in [6, 6.07) is 15.5. The summed E-state index contributed by atoms with van der Waals surface area (Å²) in [5.41, 5.74) is 1.79. The van der Waals surface area contributed by atoms with Crippen LogP contribution in [0.15, 0.2) is 54.6 Å². The van der Waals surface area contributed by atoms with Crippen LogP contribution in [0.25, 0.3) is 0 Å². The second-order valence-electron chi connectivity index (χ2n) is 10.4. The van der Waals surface area contributed by atoms with Crippen LogP contribution in [-0.2, 0) is 4.79 Å². The summed E-state index contributed by atoms with van der Waals surface area (Å²) < 4.78 is 13.3. The molecule has 1 saturated carbocycles. The Kier molecular flexibility index (Phi) is 10.6. The summed E-state index contributed by atoms with van der Waals surface area (Å²) in [5, 5.41) is 6.79. The Morgan fingerprint density at radius 3 is 2.41 bits per heavy atom. The molecule has 0 bridgehead atoms. The molecule has 1 fully saturated rings. The standard InChI is InChI=1S/C30H43FN4O2/c1-5-20-35(21-19-32-3)29(37)27(34(4)28(36)24-11-7-6-8-12-24)13-9-10-18-33-30(2)22-26(30)23-14-16-25(31)17-15-23/h6-8,11-12,14-17,26-27,32-33H,5,9-10,13,18-22H2,1-4H3/t26-,27-,30+/m0/s1. The van der Waals surface area contributed by atoms with Crippen LogP contribution >= 0.6 is 0 Å². The minimum Gasteiger partial charge on any atom is -0.340 e. The van der Waals surface area contributed by atoms with E-state index < -0.39 is 6.04 Å². The third-order valence-electron chi connectivity index (χ3n) is 7.47.